The third-order valence-corrected chi connectivity index (χ3v) is 6.51. The fourth-order valence-electron chi connectivity index (χ4n) is 1.62. The van der Waals surface area contributed by atoms with Gasteiger partial charge in [0.25, 0.3) is 0 Å². The van der Waals surface area contributed by atoms with Gasteiger partial charge in [0.15, 0.2) is 0 Å². The Morgan fingerprint density at radius 3 is 2.07 bits per heavy atom. The molecule has 1 atom stereocenters. The van der Waals surface area contributed by atoms with E-state index in [9.17, 15) is 9.36 Å². The monoisotopic (exact) mass is 220 g/mol. The smallest absolute Gasteiger partial charge is 0.313 e. The molecule has 0 bridgehead atoms. The van der Waals surface area contributed by atoms with E-state index < -0.39 is 18.8 Å². The molecule has 0 aliphatic carbocycles. The van der Waals surface area contributed by atoms with E-state index in [1.54, 1.807) is 0 Å². The van der Waals surface area contributed by atoms with Crippen LogP contribution in [0.3, 0.4) is 0 Å². The summed E-state index contributed by atoms with van der Waals surface area (Å²) in [5.74, 6) is -0.884. The SMILES string of the molecule is CCCCC(C(=O)O)P(=O)(CC)CC. The van der Waals surface area contributed by atoms with Crippen molar-refractivity contribution < 1.29 is 14.5 Å². The van der Waals surface area contributed by atoms with E-state index in [0.717, 1.165) is 12.8 Å². The van der Waals surface area contributed by atoms with E-state index in [2.05, 4.69) is 0 Å². The molecule has 0 amide bonds. The average molecular weight is 220 g/mol. The lowest BCUT2D eigenvalue weighted by molar-refractivity contribution is -0.136. The number of hydrogen-bond acceptors (Lipinski definition) is 2. The highest BCUT2D eigenvalue weighted by Crippen LogP contribution is 2.51. The van der Waals surface area contributed by atoms with Crippen LogP contribution in [0.1, 0.15) is 40.0 Å². The van der Waals surface area contributed by atoms with Crippen molar-refractivity contribution >= 4 is 13.1 Å². The van der Waals surface area contributed by atoms with E-state index >= 15 is 0 Å². The number of carbonyl (C=O) groups is 1. The molecule has 0 aromatic rings. The highest BCUT2D eigenvalue weighted by Gasteiger charge is 2.34. The highest BCUT2D eigenvalue weighted by atomic mass is 31.2. The second kappa shape index (κ2) is 6.23. The number of rotatable bonds is 7. The van der Waals surface area contributed by atoms with Crippen LogP contribution < -0.4 is 0 Å². The molecule has 0 aromatic heterocycles. The van der Waals surface area contributed by atoms with Crippen LogP contribution in [-0.2, 0) is 9.36 Å². The zero-order valence-corrected chi connectivity index (χ0v) is 10.2. The normalized spacial score (nSPS) is 13.9. The molecule has 14 heavy (non-hydrogen) atoms. The molecular weight excluding hydrogens is 199 g/mol. The summed E-state index contributed by atoms with van der Waals surface area (Å²) in [5, 5.41) is 9.03. The molecule has 84 valence electrons. The number of hydrogen-bond donors (Lipinski definition) is 1. The standard InChI is InChI=1S/C10H21O3P/c1-4-7-8-9(10(11)12)14(13,5-2)6-3/h9H,4-8H2,1-3H3,(H,11,12). The van der Waals surface area contributed by atoms with Crippen molar-refractivity contribution in [3.8, 4) is 0 Å². The zero-order chi connectivity index (χ0) is 11.2. The third-order valence-electron chi connectivity index (χ3n) is 2.75. The number of carboxylic acids is 1. The van der Waals surface area contributed by atoms with Crippen molar-refractivity contribution in [2.75, 3.05) is 12.3 Å². The van der Waals surface area contributed by atoms with E-state index in [1.165, 1.54) is 0 Å². The summed E-state index contributed by atoms with van der Waals surface area (Å²) in [6, 6.07) is 0. The van der Waals surface area contributed by atoms with Crippen LogP contribution in [0.4, 0.5) is 0 Å². The quantitative estimate of drug-likeness (QED) is 0.671. The van der Waals surface area contributed by atoms with Crippen LogP contribution >= 0.6 is 7.14 Å². The Morgan fingerprint density at radius 2 is 1.79 bits per heavy atom. The summed E-state index contributed by atoms with van der Waals surface area (Å²) < 4.78 is 12.2. The molecule has 0 saturated carbocycles. The minimum atomic E-state index is -2.48. The Hall–Kier alpha value is -0.300. The first-order valence-electron chi connectivity index (χ1n) is 5.32. The van der Waals surface area contributed by atoms with E-state index in [-0.39, 0.29) is 0 Å². The minimum Gasteiger partial charge on any atom is -0.481 e. The van der Waals surface area contributed by atoms with Gasteiger partial charge in [0, 0.05) is 0 Å². The molecule has 0 spiro atoms. The second-order valence-electron chi connectivity index (χ2n) is 3.58. The molecular formula is C10H21O3P. The van der Waals surface area contributed by atoms with Crippen molar-refractivity contribution in [3.63, 3.8) is 0 Å². The molecule has 0 aliphatic rings. The lowest BCUT2D eigenvalue weighted by Gasteiger charge is -2.22. The molecule has 0 radical (unpaired) electrons. The Kier molecular flexibility index (Phi) is 6.10. The predicted molar refractivity (Wildman–Crippen MR) is 59.6 cm³/mol. The Morgan fingerprint density at radius 1 is 1.29 bits per heavy atom. The first-order valence-corrected chi connectivity index (χ1v) is 7.47. The van der Waals surface area contributed by atoms with E-state index in [0.29, 0.717) is 18.7 Å². The summed E-state index contributed by atoms with van der Waals surface area (Å²) in [6.45, 7) is 5.67. The molecule has 0 aliphatic heterocycles. The zero-order valence-electron chi connectivity index (χ0n) is 9.32. The van der Waals surface area contributed by atoms with Crippen LogP contribution in [0.25, 0.3) is 0 Å². The van der Waals surface area contributed by atoms with Crippen LogP contribution in [0.15, 0.2) is 0 Å². The lowest BCUT2D eigenvalue weighted by atomic mass is 10.2. The van der Waals surface area contributed by atoms with Gasteiger partial charge in [-0.25, -0.2) is 0 Å². The largest absolute Gasteiger partial charge is 0.481 e. The van der Waals surface area contributed by atoms with Gasteiger partial charge in [-0.1, -0.05) is 33.6 Å². The maximum atomic E-state index is 12.2. The summed E-state index contributed by atoms with van der Waals surface area (Å²) in [7, 11) is -2.48. The summed E-state index contributed by atoms with van der Waals surface area (Å²) in [6.07, 6.45) is 3.37. The topological polar surface area (TPSA) is 54.4 Å². The molecule has 0 saturated heterocycles. The summed E-state index contributed by atoms with van der Waals surface area (Å²) >= 11 is 0. The van der Waals surface area contributed by atoms with Crippen LogP contribution in [-0.4, -0.2) is 29.1 Å². The fraction of sp³-hybridized carbons (Fsp3) is 0.900. The number of carboxylic acid groups (broad SMARTS) is 1. The molecule has 4 heteroatoms. The van der Waals surface area contributed by atoms with Crippen molar-refractivity contribution in [3.05, 3.63) is 0 Å². The summed E-state index contributed by atoms with van der Waals surface area (Å²) in [4.78, 5) is 11.0. The molecule has 3 nitrogen and oxygen atoms in total. The Balaban J connectivity index is 4.62. The van der Waals surface area contributed by atoms with Gasteiger partial charge in [0.05, 0.1) is 0 Å². The van der Waals surface area contributed by atoms with Gasteiger partial charge in [0.2, 0.25) is 0 Å². The van der Waals surface area contributed by atoms with Crippen LogP contribution in [0.5, 0.6) is 0 Å². The van der Waals surface area contributed by atoms with Gasteiger partial charge >= 0.3 is 5.97 Å². The van der Waals surface area contributed by atoms with Gasteiger partial charge in [-0.05, 0) is 18.7 Å². The predicted octanol–water partition coefficient (Wildman–Crippen LogP) is 3.03. The van der Waals surface area contributed by atoms with E-state index in [4.69, 9.17) is 5.11 Å². The van der Waals surface area contributed by atoms with E-state index in [1.807, 2.05) is 20.8 Å². The van der Waals surface area contributed by atoms with Crippen molar-refractivity contribution in [1.29, 1.82) is 0 Å². The number of aliphatic carboxylic acids is 1. The van der Waals surface area contributed by atoms with Crippen molar-refractivity contribution in [2.45, 2.75) is 45.7 Å². The molecule has 0 aromatic carbocycles. The second-order valence-corrected chi connectivity index (χ2v) is 7.37. The Labute approximate surface area is 86.3 Å². The molecule has 1 unspecified atom stereocenters. The Bertz CT molecular complexity index is 217. The first kappa shape index (κ1) is 13.7. The van der Waals surface area contributed by atoms with Gasteiger partial charge < -0.3 is 9.67 Å². The third kappa shape index (κ3) is 3.45. The summed E-state index contributed by atoms with van der Waals surface area (Å²) in [5.41, 5.74) is -0.613. The highest BCUT2D eigenvalue weighted by molar-refractivity contribution is 7.65. The van der Waals surface area contributed by atoms with Crippen LogP contribution in [0, 0.1) is 0 Å². The van der Waals surface area contributed by atoms with Gasteiger partial charge in [0.1, 0.15) is 12.8 Å². The molecule has 0 fully saturated rings. The maximum absolute atomic E-state index is 12.2. The minimum absolute atomic E-state index is 0.504. The van der Waals surface area contributed by atoms with Crippen molar-refractivity contribution in [1.82, 2.24) is 0 Å². The lowest BCUT2D eigenvalue weighted by Crippen LogP contribution is -2.22. The van der Waals surface area contributed by atoms with Crippen LogP contribution in [0.2, 0.25) is 0 Å². The van der Waals surface area contributed by atoms with Gasteiger partial charge in [-0.3, -0.25) is 4.79 Å². The fourth-order valence-corrected chi connectivity index (χ4v) is 4.01. The van der Waals surface area contributed by atoms with Gasteiger partial charge in [-0.2, -0.15) is 0 Å². The van der Waals surface area contributed by atoms with Crippen molar-refractivity contribution in [2.24, 2.45) is 0 Å². The molecule has 0 rings (SSSR count). The van der Waals surface area contributed by atoms with Gasteiger partial charge in [-0.15, -0.1) is 0 Å². The molecule has 1 N–H and O–H groups in total. The maximum Gasteiger partial charge on any atom is 0.313 e. The first-order chi connectivity index (χ1) is 6.51. The average Bonchev–Trinajstić information content (AvgIpc) is 2.17. The number of unbranched alkanes of at least 4 members (excludes halogenated alkanes) is 1. The molecule has 0 heterocycles.